The van der Waals surface area contributed by atoms with E-state index < -0.39 is 15.9 Å². The van der Waals surface area contributed by atoms with Gasteiger partial charge in [0.1, 0.15) is 5.75 Å². The lowest BCUT2D eigenvalue weighted by Gasteiger charge is -2.29. The molecule has 0 aromatic heterocycles. The van der Waals surface area contributed by atoms with Gasteiger partial charge in [-0.25, -0.2) is 8.42 Å². The number of para-hydroxylation sites is 2. The minimum atomic E-state index is -3.49. The summed E-state index contributed by atoms with van der Waals surface area (Å²) in [7, 11) is -3.49. The molecular formula is C17H27N3O5S. The molecule has 26 heavy (non-hydrogen) atoms. The van der Waals surface area contributed by atoms with E-state index in [0.717, 1.165) is 19.3 Å². The van der Waals surface area contributed by atoms with Crippen molar-refractivity contribution in [2.24, 2.45) is 0 Å². The van der Waals surface area contributed by atoms with Crippen LogP contribution in [0.25, 0.3) is 0 Å². The molecule has 0 radical (unpaired) electrons. The number of rotatable bonds is 9. The molecule has 146 valence electrons. The van der Waals surface area contributed by atoms with Crippen molar-refractivity contribution in [2.75, 3.05) is 64.1 Å². The third kappa shape index (κ3) is 6.56. The van der Waals surface area contributed by atoms with Crippen LogP contribution < -0.4 is 10.1 Å². The lowest BCUT2D eigenvalue weighted by Crippen LogP contribution is -2.45. The minimum Gasteiger partial charge on any atom is -0.492 e. The Labute approximate surface area is 155 Å². The van der Waals surface area contributed by atoms with Gasteiger partial charge in [0, 0.05) is 26.2 Å². The maximum atomic E-state index is 12.4. The number of nitrogens with one attached hydrogen (secondary N) is 1. The highest BCUT2D eigenvalue weighted by atomic mass is 32.2. The van der Waals surface area contributed by atoms with Gasteiger partial charge >= 0.3 is 0 Å². The number of sulfonamides is 1. The van der Waals surface area contributed by atoms with Gasteiger partial charge in [-0.05, 0) is 19.1 Å². The smallest absolute Gasteiger partial charge is 0.239 e. The molecule has 0 bridgehead atoms. The van der Waals surface area contributed by atoms with Crippen LogP contribution in [0.3, 0.4) is 0 Å². The van der Waals surface area contributed by atoms with Crippen molar-refractivity contribution in [1.82, 2.24) is 9.21 Å². The van der Waals surface area contributed by atoms with Crippen molar-refractivity contribution in [2.45, 2.75) is 6.92 Å². The van der Waals surface area contributed by atoms with E-state index in [9.17, 15) is 13.2 Å². The number of anilines is 1. The molecule has 1 aromatic carbocycles. The molecule has 1 heterocycles. The number of amides is 1. The van der Waals surface area contributed by atoms with E-state index in [-0.39, 0.29) is 13.1 Å². The van der Waals surface area contributed by atoms with Crippen molar-refractivity contribution >= 4 is 21.6 Å². The SMILES string of the molecule is CCOc1ccccc1NC(=O)CN(CCN1CCOCC1)S(C)(=O)=O. The fourth-order valence-corrected chi connectivity index (χ4v) is 3.41. The van der Waals surface area contributed by atoms with Crippen LogP contribution in [0.5, 0.6) is 5.75 Å². The molecule has 1 aromatic rings. The third-order valence-corrected chi connectivity index (χ3v) is 5.27. The van der Waals surface area contributed by atoms with Crippen LogP contribution in [-0.2, 0) is 19.6 Å². The largest absolute Gasteiger partial charge is 0.492 e. The zero-order valence-corrected chi connectivity index (χ0v) is 16.1. The number of carbonyl (C=O) groups is 1. The van der Waals surface area contributed by atoms with Crippen LogP contribution in [0.2, 0.25) is 0 Å². The maximum absolute atomic E-state index is 12.4. The first-order valence-corrected chi connectivity index (χ1v) is 10.5. The second kappa shape index (κ2) is 9.86. The number of benzene rings is 1. The van der Waals surface area contributed by atoms with Crippen LogP contribution in [0.4, 0.5) is 5.69 Å². The summed E-state index contributed by atoms with van der Waals surface area (Å²) in [6.07, 6.45) is 1.12. The van der Waals surface area contributed by atoms with Crippen LogP contribution in [-0.4, -0.2) is 82.3 Å². The summed E-state index contributed by atoms with van der Waals surface area (Å²) in [5, 5.41) is 2.73. The number of ether oxygens (including phenoxy) is 2. The van der Waals surface area contributed by atoms with Crippen molar-refractivity contribution in [1.29, 1.82) is 0 Å². The van der Waals surface area contributed by atoms with E-state index in [1.54, 1.807) is 18.2 Å². The fourth-order valence-electron chi connectivity index (χ4n) is 2.64. The molecule has 2 rings (SSSR count). The summed E-state index contributed by atoms with van der Waals surface area (Å²) in [6.45, 7) is 5.76. The summed E-state index contributed by atoms with van der Waals surface area (Å²) in [5.41, 5.74) is 0.529. The van der Waals surface area contributed by atoms with Crippen molar-refractivity contribution in [3.8, 4) is 5.75 Å². The lowest BCUT2D eigenvalue weighted by atomic mass is 10.3. The third-order valence-electron chi connectivity index (χ3n) is 4.02. The van der Waals surface area contributed by atoms with E-state index in [1.165, 1.54) is 4.31 Å². The summed E-state index contributed by atoms with van der Waals surface area (Å²) < 4.78 is 36.0. The number of carbonyl (C=O) groups excluding carboxylic acids is 1. The molecule has 0 spiro atoms. The van der Waals surface area contributed by atoms with Gasteiger partial charge in [0.05, 0.1) is 38.3 Å². The second-order valence-corrected chi connectivity index (χ2v) is 8.01. The zero-order chi connectivity index (χ0) is 19.0. The summed E-state index contributed by atoms with van der Waals surface area (Å²) in [6, 6.07) is 7.07. The second-order valence-electron chi connectivity index (χ2n) is 6.03. The zero-order valence-electron chi connectivity index (χ0n) is 15.3. The Morgan fingerprint density at radius 2 is 2.00 bits per heavy atom. The van der Waals surface area contributed by atoms with Gasteiger partial charge in [0.2, 0.25) is 15.9 Å². The molecular weight excluding hydrogens is 358 g/mol. The number of nitrogens with zero attached hydrogens (tertiary/aromatic N) is 2. The summed E-state index contributed by atoms with van der Waals surface area (Å²) in [5.74, 6) is 0.159. The monoisotopic (exact) mass is 385 g/mol. The van der Waals surface area contributed by atoms with Crippen molar-refractivity contribution in [3.05, 3.63) is 24.3 Å². The Morgan fingerprint density at radius 3 is 2.65 bits per heavy atom. The molecule has 1 aliphatic rings. The van der Waals surface area contributed by atoms with Gasteiger partial charge in [-0.3, -0.25) is 9.69 Å². The van der Waals surface area contributed by atoms with Gasteiger partial charge in [-0.1, -0.05) is 12.1 Å². The highest BCUT2D eigenvalue weighted by Crippen LogP contribution is 2.23. The number of hydrogen-bond acceptors (Lipinski definition) is 6. The number of morpholine rings is 1. The van der Waals surface area contributed by atoms with Crippen LogP contribution in [0, 0.1) is 0 Å². The van der Waals surface area contributed by atoms with Gasteiger partial charge < -0.3 is 14.8 Å². The van der Waals surface area contributed by atoms with E-state index in [2.05, 4.69) is 10.2 Å². The molecule has 0 unspecified atom stereocenters. The Hall–Kier alpha value is -1.68. The fraction of sp³-hybridized carbons (Fsp3) is 0.588. The molecule has 0 saturated carbocycles. The van der Waals surface area contributed by atoms with Crippen LogP contribution in [0.15, 0.2) is 24.3 Å². The first-order valence-electron chi connectivity index (χ1n) is 8.67. The van der Waals surface area contributed by atoms with Crippen molar-refractivity contribution in [3.63, 3.8) is 0 Å². The molecule has 1 fully saturated rings. The molecule has 9 heteroatoms. The average molecular weight is 385 g/mol. The molecule has 1 aliphatic heterocycles. The van der Waals surface area contributed by atoms with E-state index in [1.807, 2.05) is 13.0 Å². The van der Waals surface area contributed by atoms with Crippen LogP contribution >= 0.6 is 0 Å². The normalized spacial score (nSPS) is 15.8. The first-order chi connectivity index (χ1) is 12.4. The quantitative estimate of drug-likeness (QED) is 0.670. The molecule has 1 saturated heterocycles. The highest BCUT2D eigenvalue weighted by molar-refractivity contribution is 7.88. The highest BCUT2D eigenvalue weighted by Gasteiger charge is 2.22. The van der Waals surface area contributed by atoms with E-state index in [4.69, 9.17) is 9.47 Å². The maximum Gasteiger partial charge on any atom is 0.239 e. The lowest BCUT2D eigenvalue weighted by molar-refractivity contribution is -0.116. The van der Waals surface area contributed by atoms with E-state index >= 15 is 0 Å². The first kappa shape index (κ1) is 20.6. The molecule has 1 N–H and O–H groups in total. The van der Waals surface area contributed by atoms with E-state index in [0.29, 0.717) is 37.8 Å². The standard InChI is InChI=1S/C17H27N3O5S/c1-3-25-16-7-5-4-6-15(16)18-17(21)14-20(26(2,22)23)9-8-19-10-12-24-13-11-19/h4-7H,3,8-14H2,1-2H3,(H,18,21). The van der Waals surface area contributed by atoms with Gasteiger partial charge in [-0.15, -0.1) is 0 Å². The van der Waals surface area contributed by atoms with Crippen LogP contribution in [0.1, 0.15) is 6.92 Å². The molecule has 1 amide bonds. The predicted octanol–water partition coefficient (Wildman–Crippen LogP) is 0.618. The summed E-state index contributed by atoms with van der Waals surface area (Å²) >= 11 is 0. The Kier molecular flexibility index (Phi) is 7.83. The van der Waals surface area contributed by atoms with Crippen molar-refractivity contribution < 1.29 is 22.7 Å². The molecule has 8 nitrogen and oxygen atoms in total. The molecule has 0 aliphatic carbocycles. The van der Waals surface area contributed by atoms with Gasteiger partial charge in [0.25, 0.3) is 0 Å². The summed E-state index contributed by atoms with van der Waals surface area (Å²) in [4.78, 5) is 14.5. The molecule has 0 atom stereocenters. The average Bonchev–Trinajstić information content (AvgIpc) is 2.60. The van der Waals surface area contributed by atoms with Gasteiger partial charge in [-0.2, -0.15) is 4.31 Å². The topological polar surface area (TPSA) is 88.2 Å². The predicted molar refractivity (Wildman–Crippen MR) is 99.9 cm³/mol. The Morgan fingerprint density at radius 1 is 1.31 bits per heavy atom. The Bertz CT molecular complexity index is 689. The number of hydrogen-bond donors (Lipinski definition) is 1. The minimum absolute atomic E-state index is 0.233. The Balaban J connectivity index is 1.95. The van der Waals surface area contributed by atoms with Gasteiger partial charge in [0.15, 0.2) is 0 Å².